The van der Waals surface area contributed by atoms with Gasteiger partial charge in [0.05, 0.1) is 10.7 Å². The smallest absolute Gasteiger partial charge is 0.322 e. The van der Waals surface area contributed by atoms with Crippen LogP contribution in [-0.4, -0.2) is 15.5 Å². The number of carbonyl (C=O) groups excluding carboxylic acids is 1. The van der Waals surface area contributed by atoms with E-state index in [1.165, 1.54) is 6.07 Å². The number of aromatic nitrogens is 2. The van der Waals surface area contributed by atoms with Gasteiger partial charge >= 0.3 is 5.69 Å². The fraction of sp³-hybridized carbons (Fsp3) is 0. The number of hydrogen-bond donors (Lipinski definition) is 2. The van der Waals surface area contributed by atoms with E-state index in [0.29, 0.717) is 10.3 Å². The highest BCUT2D eigenvalue weighted by Crippen LogP contribution is 2.18. The number of nitrogens with zero attached hydrogens (tertiary/aromatic N) is 1. The van der Waals surface area contributed by atoms with E-state index in [1.807, 2.05) is 0 Å². The molecule has 3 rings (SSSR count). The van der Waals surface area contributed by atoms with Crippen LogP contribution in [0.25, 0.3) is 5.69 Å². The van der Waals surface area contributed by atoms with E-state index in [1.54, 1.807) is 24.3 Å². The Balaban J connectivity index is 2.04. The predicted octanol–water partition coefficient (Wildman–Crippen LogP) is 3.33. The third-order valence-electron chi connectivity index (χ3n) is 3.47. The molecule has 0 saturated carbocycles. The number of amides is 1. The summed E-state index contributed by atoms with van der Waals surface area (Å²) in [5.74, 6) is -1.39. The summed E-state index contributed by atoms with van der Waals surface area (Å²) in [5, 5.41) is 2.32. The van der Waals surface area contributed by atoms with E-state index in [9.17, 15) is 18.8 Å². The maximum atomic E-state index is 13.3. The Kier molecular flexibility index (Phi) is 5.06. The molecule has 0 aliphatic carbocycles. The standard InChI is InChI=1S/C17H10BrClFN3O3/c18-9-2-1-3-10(6-9)22-15(24)12-8-21-17(26)23(16(12)25)11-4-5-14(20)13(19)7-11/h1-8H,(H,21,26)(H,22,24). The first kappa shape index (κ1) is 18.1. The van der Waals surface area contributed by atoms with Gasteiger partial charge in [0.15, 0.2) is 0 Å². The zero-order valence-electron chi connectivity index (χ0n) is 12.9. The van der Waals surface area contributed by atoms with Gasteiger partial charge in [0.2, 0.25) is 0 Å². The molecule has 3 aromatic rings. The van der Waals surface area contributed by atoms with Crippen molar-refractivity contribution in [2.24, 2.45) is 0 Å². The lowest BCUT2D eigenvalue weighted by atomic mass is 10.2. The Morgan fingerprint density at radius 1 is 1.19 bits per heavy atom. The monoisotopic (exact) mass is 437 g/mol. The maximum Gasteiger partial charge on any atom is 0.333 e. The number of nitrogens with one attached hydrogen (secondary N) is 2. The molecular weight excluding hydrogens is 429 g/mol. The average Bonchev–Trinajstić information content (AvgIpc) is 2.58. The molecule has 132 valence electrons. The zero-order valence-corrected chi connectivity index (χ0v) is 15.3. The number of rotatable bonds is 3. The first-order valence-electron chi connectivity index (χ1n) is 7.24. The molecule has 1 amide bonds. The molecule has 1 heterocycles. The molecule has 0 bridgehead atoms. The van der Waals surface area contributed by atoms with Crippen molar-refractivity contribution in [3.8, 4) is 5.69 Å². The van der Waals surface area contributed by atoms with Gasteiger partial charge in [0, 0.05) is 16.4 Å². The van der Waals surface area contributed by atoms with E-state index < -0.39 is 23.0 Å². The van der Waals surface area contributed by atoms with Crippen LogP contribution in [0.3, 0.4) is 0 Å². The second-order valence-electron chi connectivity index (χ2n) is 5.21. The Morgan fingerprint density at radius 2 is 1.96 bits per heavy atom. The van der Waals surface area contributed by atoms with Gasteiger partial charge < -0.3 is 10.3 Å². The molecule has 0 aliphatic rings. The number of H-pyrrole nitrogens is 1. The number of hydrogen-bond acceptors (Lipinski definition) is 3. The van der Waals surface area contributed by atoms with Gasteiger partial charge in [-0.2, -0.15) is 0 Å². The molecule has 0 saturated heterocycles. The number of halogens is 3. The fourth-order valence-corrected chi connectivity index (χ4v) is 2.83. The van der Waals surface area contributed by atoms with Gasteiger partial charge in [0.1, 0.15) is 11.4 Å². The van der Waals surface area contributed by atoms with Crippen molar-refractivity contribution in [1.29, 1.82) is 0 Å². The highest BCUT2D eigenvalue weighted by Gasteiger charge is 2.17. The normalized spacial score (nSPS) is 10.6. The molecule has 0 fully saturated rings. The summed E-state index contributed by atoms with van der Waals surface area (Å²) in [4.78, 5) is 39.4. The topological polar surface area (TPSA) is 84.0 Å². The highest BCUT2D eigenvalue weighted by molar-refractivity contribution is 9.10. The van der Waals surface area contributed by atoms with Gasteiger partial charge in [-0.25, -0.2) is 13.8 Å². The molecule has 0 atom stereocenters. The molecule has 26 heavy (non-hydrogen) atoms. The summed E-state index contributed by atoms with van der Waals surface area (Å²) < 4.78 is 14.8. The minimum atomic E-state index is -0.857. The molecule has 9 heteroatoms. The van der Waals surface area contributed by atoms with Crippen LogP contribution in [-0.2, 0) is 0 Å². The predicted molar refractivity (Wildman–Crippen MR) is 99.7 cm³/mol. The summed E-state index contributed by atoms with van der Waals surface area (Å²) in [6.07, 6.45) is 1.03. The van der Waals surface area contributed by atoms with Crippen molar-refractivity contribution in [2.45, 2.75) is 0 Å². The molecule has 0 spiro atoms. The number of carbonyl (C=O) groups is 1. The van der Waals surface area contributed by atoms with Crippen LogP contribution in [0.4, 0.5) is 10.1 Å². The quantitative estimate of drug-likeness (QED) is 0.658. The van der Waals surface area contributed by atoms with E-state index in [0.717, 1.165) is 22.8 Å². The van der Waals surface area contributed by atoms with Crippen LogP contribution in [0.15, 0.2) is 62.7 Å². The minimum absolute atomic E-state index is 0.0414. The van der Waals surface area contributed by atoms with E-state index in [-0.39, 0.29) is 16.3 Å². The van der Waals surface area contributed by atoms with E-state index >= 15 is 0 Å². The third kappa shape index (κ3) is 3.61. The Labute approximate surface area is 159 Å². The Morgan fingerprint density at radius 3 is 2.65 bits per heavy atom. The lowest BCUT2D eigenvalue weighted by Gasteiger charge is -2.09. The number of anilines is 1. The van der Waals surface area contributed by atoms with Crippen LogP contribution in [0, 0.1) is 5.82 Å². The van der Waals surface area contributed by atoms with Gasteiger partial charge in [-0.3, -0.25) is 9.59 Å². The zero-order chi connectivity index (χ0) is 18.8. The second kappa shape index (κ2) is 7.27. The van der Waals surface area contributed by atoms with Crippen molar-refractivity contribution in [3.05, 3.63) is 90.4 Å². The molecule has 6 nitrogen and oxygen atoms in total. The summed E-state index contributed by atoms with van der Waals surface area (Å²) in [7, 11) is 0. The first-order chi connectivity index (χ1) is 12.4. The van der Waals surface area contributed by atoms with Gasteiger partial charge in [0.25, 0.3) is 11.5 Å². The molecule has 2 aromatic carbocycles. The third-order valence-corrected chi connectivity index (χ3v) is 4.25. The minimum Gasteiger partial charge on any atom is -0.322 e. The van der Waals surface area contributed by atoms with Crippen LogP contribution in [0.1, 0.15) is 10.4 Å². The Bertz CT molecular complexity index is 1130. The lowest BCUT2D eigenvalue weighted by molar-refractivity contribution is 0.102. The summed E-state index contributed by atoms with van der Waals surface area (Å²) in [5.41, 5.74) is -1.42. The summed E-state index contributed by atoms with van der Waals surface area (Å²) in [6, 6.07) is 10.2. The van der Waals surface area contributed by atoms with Crippen molar-refractivity contribution >= 4 is 39.1 Å². The van der Waals surface area contributed by atoms with Crippen molar-refractivity contribution in [3.63, 3.8) is 0 Å². The van der Waals surface area contributed by atoms with E-state index in [2.05, 4.69) is 26.2 Å². The first-order valence-corrected chi connectivity index (χ1v) is 8.41. The number of aromatic amines is 1. The van der Waals surface area contributed by atoms with Crippen LogP contribution >= 0.6 is 27.5 Å². The van der Waals surface area contributed by atoms with Gasteiger partial charge in [-0.05, 0) is 36.4 Å². The van der Waals surface area contributed by atoms with Crippen LogP contribution in [0.5, 0.6) is 0 Å². The van der Waals surface area contributed by atoms with Gasteiger partial charge in [-0.15, -0.1) is 0 Å². The lowest BCUT2D eigenvalue weighted by Crippen LogP contribution is -2.38. The fourth-order valence-electron chi connectivity index (χ4n) is 2.26. The molecular formula is C17H10BrClFN3O3. The van der Waals surface area contributed by atoms with Crippen molar-refractivity contribution < 1.29 is 9.18 Å². The molecule has 0 unspecified atom stereocenters. The van der Waals surface area contributed by atoms with Crippen molar-refractivity contribution in [2.75, 3.05) is 5.32 Å². The second-order valence-corrected chi connectivity index (χ2v) is 6.53. The largest absolute Gasteiger partial charge is 0.333 e. The van der Waals surface area contributed by atoms with Gasteiger partial charge in [-0.1, -0.05) is 33.6 Å². The maximum absolute atomic E-state index is 13.3. The number of benzene rings is 2. The SMILES string of the molecule is O=C(Nc1cccc(Br)c1)c1c[nH]c(=O)n(-c2ccc(F)c(Cl)c2)c1=O. The van der Waals surface area contributed by atoms with E-state index in [4.69, 9.17) is 11.6 Å². The summed E-state index contributed by atoms with van der Waals surface area (Å²) >= 11 is 8.99. The molecule has 0 radical (unpaired) electrons. The average molecular weight is 439 g/mol. The summed E-state index contributed by atoms with van der Waals surface area (Å²) in [6.45, 7) is 0. The van der Waals surface area contributed by atoms with Crippen LogP contribution < -0.4 is 16.6 Å². The highest BCUT2D eigenvalue weighted by atomic mass is 79.9. The van der Waals surface area contributed by atoms with Crippen molar-refractivity contribution in [1.82, 2.24) is 9.55 Å². The molecule has 0 aliphatic heterocycles. The van der Waals surface area contributed by atoms with Crippen LogP contribution in [0.2, 0.25) is 5.02 Å². The molecule has 1 aromatic heterocycles. The molecule has 2 N–H and O–H groups in total. The Hall–Kier alpha value is -2.71.